The van der Waals surface area contributed by atoms with Crippen molar-refractivity contribution in [3.05, 3.63) is 65.7 Å². The molecule has 130 valence electrons. The smallest absolute Gasteiger partial charge is 0.163 e. The highest BCUT2D eigenvalue weighted by Gasteiger charge is 2.34. The first-order valence-electron chi connectivity index (χ1n) is 8.94. The second-order valence-electron chi connectivity index (χ2n) is 6.66. The topological polar surface area (TPSA) is 43.4 Å². The zero-order valence-electron chi connectivity index (χ0n) is 14.6. The van der Waals surface area contributed by atoms with Crippen LogP contribution in [-0.4, -0.2) is 18.7 Å². The van der Waals surface area contributed by atoms with Crippen molar-refractivity contribution in [2.24, 2.45) is 5.92 Å². The van der Waals surface area contributed by atoms with Crippen molar-refractivity contribution in [1.82, 2.24) is 0 Å². The molecule has 1 aliphatic carbocycles. The maximum atomic E-state index is 12.8. The number of carbonyl (C=O) groups is 2. The van der Waals surface area contributed by atoms with Crippen molar-refractivity contribution in [2.45, 2.75) is 38.0 Å². The largest absolute Gasteiger partial charge is 0.496 e. The van der Waals surface area contributed by atoms with Crippen molar-refractivity contribution in [3.63, 3.8) is 0 Å². The summed E-state index contributed by atoms with van der Waals surface area (Å²) in [6, 6.07) is 17.1. The predicted molar refractivity (Wildman–Crippen MR) is 98.1 cm³/mol. The second kappa shape index (κ2) is 8.11. The molecule has 3 nitrogen and oxygen atoms in total. The van der Waals surface area contributed by atoms with Crippen LogP contribution in [-0.2, 0) is 4.79 Å². The first-order chi connectivity index (χ1) is 12.2. The van der Waals surface area contributed by atoms with Crippen LogP contribution < -0.4 is 4.74 Å². The number of methoxy groups -OCH3 is 1. The fourth-order valence-electron chi connectivity index (χ4n) is 3.82. The number of benzene rings is 2. The van der Waals surface area contributed by atoms with Crippen molar-refractivity contribution in [3.8, 4) is 5.75 Å². The van der Waals surface area contributed by atoms with Crippen LogP contribution in [0.15, 0.2) is 54.6 Å². The Morgan fingerprint density at radius 1 is 1.08 bits per heavy atom. The van der Waals surface area contributed by atoms with Crippen LogP contribution in [0.1, 0.15) is 53.9 Å². The van der Waals surface area contributed by atoms with Gasteiger partial charge in [-0.15, -0.1) is 0 Å². The summed E-state index contributed by atoms with van der Waals surface area (Å²) in [7, 11) is 1.64. The Balaban J connectivity index is 1.94. The van der Waals surface area contributed by atoms with E-state index in [-0.39, 0.29) is 23.4 Å². The molecule has 1 saturated carbocycles. The Kier molecular flexibility index (Phi) is 5.64. The number of para-hydroxylation sites is 1. The summed E-state index contributed by atoms with van der Waals surface area (Å²) in [5, 5.41) is 0. The van der Waals surface area contributed by atoms with Gasteiger partial charge in [0.05, 0.1) is 7.11 Å². The van der Waals surface area contributed by atoms with E-state index in [2.05, 4.69) is 0 Å². The molecule has 0 radical (unpaired) electrons. The monoisotopic (exact) mass is 336 g/mol. The van der Waals surface area contributed by atoms with Crippen LogP contribution >= 0.6 is 0 Å². The van der Waals surface area contributed by atoms with Crippen LogP contribution in [0, 0.1) is 5.92 Å². The van der Waals surface area contributed by atoms with Gasteiger partial charge in [-0.25, -0.2) is 0 Å². The third kappa shape index (κ3) is 3.98. The predicted octanol–water partition coefficient (Wildman–Crippen LogP) is 4.81. The highest BCUT2D eigenvalue weighted by molar-refractivity contribution is 5.97. The lowest BCUT2D eigenvalue weighted by atomic mass is 9.73. The minimum absolute atomic E-state index is 0.0786. The van der Waals surface area contributed by atoms with E-state index >= 15 is 0 Å². The molecule has 0 amide bonds. The SMILES string of the molecule is COc1ccccc1[C@H](CC(=O)c1ccccc1)[C@@H]1CCCCC1=O. The molecule has 1 fully saturated rings. The molecule has 0 aliphatic heterocycles. The van der Waals surface area contributed by atoms with E-state index in [1.165, 1.54) is 0 Å². The number of rotatable bonds is 6. The highest BCUT2D eigenvalue weighted by atomic mass is 16.5. The lowest BCUT2D eigenvalue weighted by molar-refractivity contribution is -0.125. The molecule has 2 atom stereocenters. The van der Waals surface area contributed by atoms with E-state index in [9.17, 15) is 9.59 Å². The highest BCUT2D eigenvalue weighted by Crippen LogP contribution is 2.40. The number of ketones is 2. The van der Waals surface area contributed by atoms with Gasteiger partial charge in [0.15, 0.2) is 5.78 Å². The number of ether oxygens (including phenoxy) is 1. The van der Waals surface area contributed by atoms with Gasteiger partial charge < -0.3 is 4.74 Å². The summed E-state index contributed by atoms with van der Waals surface area (Å²) in [5.74, 6) is 0.888. The quantitative estimate of drug-likeness (QED) is 0.711. The maximum Gasteiger partial charge on any atom is 0.163 e. The molecule has 0 saturated heterocycles. The van der Waals surface area contributed by atoms with E-state index in [1.54, 1.807) is 7.11 Å². The Morgan fingerprint density at radius 2 is 1.80 bits per heavy atom. The standard InChI is InChI=1S/C22H24O3/c1-25-22-14-8-6-12-18(22)19(17-11-5-7-13-20(17)23)15-21(24)16-9-3-2-4-10-16/h2-4,6,8-10,12,14,17,19H,5,7,11,13,15H2,1H3/t17-,19+/m0/s1. The van der Waals surface area contributed by atoms with Crippen LogP contribution in [0.25, 0.3) is 0 Å². The molecule has 0 aromatic heterocycles. The molecule has 0 heterocycles. The maximum absolute atomic E-state index is 12.8. The normalized spacial score (nSPS) is 18.6. The first-order valence-corrected chi connectivity index (χ1v) is 8.94. The average Bonchev–Trinajstić information content (AvgIpc) is 2.67. The minimum Gasteiger partial charge on any atom is -0.496 e. The molecule has 3 heteroatoms. The molecule has 0 N–H and O–H groups in total. The Morgan fingerprint density at radius 3 is 2.52 bits per heavy atom. The van der Waals surface area contributed by atoms with Crippen LogP contribution in [0.4, 0.5) is 0 Å². The summed E-state index contributed by atoms with van der Waals surface area (Å²) in [5.41, 5.74) is 1.67. The van der Waals surface area contributed by atoms with Gasteiger partial charge in [0.25, 0.3) is 0 Å². The van der Waals surface area contributed by atoms with Gasteiger partial charge in [-0.2, -0.15) is 0 Å². The zero-order chi connectivity index (χ0) is 17.6. The number of Topliss-reactive ketones (excluding diaryl/α,β-unsaturated/α-hetero) is 2. The van der Waals surface area contributed by atoms with E-state index in [0.29, 0.717) is 18.4 Å². The number of hydrogen-bond acceptors (Lipinski definition) is 3. The van der Waals surface area contributed by atoms with Gasteiger partial charge in [-0.3, -0.25) is 9.59 Å². The summed E-state index contributed by atoms with van der Waals surface area (Å²) in [4.78, 5) is 25.4. The summed E-state index contributed by atoms with van der Waals surface area (Å²) < 4.78 is 5.52. The molecule has 2 aromatic rings. The van der Waals surface area contributed by atoms with Gasteiger partial charge in [-0.05, 0) is 24.5 Å². The third-order valence-electron chi connectivity index (χ3n) is 5.13. The average molecular weight is 336 g/mol. The van der Waals surface area contributed by atoms with E-state index in [0.717, 1.165) is 30.6 Å². The van der Waals surface area contributed by atoms with E-state index in [1.807, 2.05) is 54.6 Å². The Bertz CT molecular complexity index is 736. The van der Waals surface area contributed by atoms with Gasteiger partial charge in [0.2, 0.25) is 0 Å². The second-order valence-corrected chi connectivity index (χ2v) is 6.66. The van der Waals surface area contributed by atoms with Gasteiger partial charge >= 0.3 is 0 Å². The van der Waals surface area contributed by atoms with Crippen molar-refractivity contribution < 1.29 is 14.3 Å². The molecule has 1 aliphatic rings. The first kappa shape index (κ1) is 17.4. The van der Waals surface area contributed by atoms with E-state index < -0.39 is 0 Å². The molecule has 0 bridgehead atoms. The Hall–Kier alpha value is -2.42. The van der Waals surface area contributed by atoms with Crippen LogP contribution in [0.3, 0.4) is 0 Å². The fourth-order valence-corrected chi connectivity index (χ4v) is 3.82. The van der Waals surface area contributed by atoms with Gasteiger partial charge in [0.1, 0.15) is 11.5 Å². The Labute approximate surface area is 149 Å². The summed E-state index contributed by atoms with van der Waals surface area (Å²) in [6.45, 7) is 0. The molecule has 25 heavy (non-hydrogen) atoms. The van der Waals surface area contributed by atoms with Crippen molar-refractivity contribution >= 4 is 11.6 Å². The van der Waals surface area contributed by atoms with Crippen LogP contribution in [0.2, 0.25) is 0 Å². The summed E-state index contributed by atoms with van der Waals surface area (Å²) in [6.07, 6.45) is 3.81. The lowest BCUT2D eigenvalue weighted by Crippen LogP contribution is -2.27. The van der Waals surface area contributed by atoms with E-state index in [4.69, 9.17) is 4.74 Å². The molecular weight excluding hydrogens is 312 g/mol. The van der Waals surface area contributed by atoms with Gasteiger partial charge in [-0.1, -0.05) is 55.0 Å². The third-order valence-corrected chi connectivity index (χ3v) is 5.13. The molecule has 0 spiro atoms. The van der Waals surface area contributed by atoms with Crippen molar-refractivity contribution in [2.75, 3.05) is 7.11 Å². The number of hydrogen-bond donors (Lipinski definition) is 0. The fraction of sp³-hybridized carbons (Fsp3) is 0.364. The lowest BCUT2D eigenvalue weighted by Gasteiger charge is -2.30. The number of carbonyl (C=O) groups excluding carboxylic acids is 2. The molecular formula is C22H24O3. The van der Waals surface area contributed by atoms with Gasteiger partial charge in [0, 0.05) is 30.2 Å². The van der Waals surface area contributed by atoms with Crippen molar-refractivity contribution in [1.29, 1.82) is 0 Å². The molecule has 3 rings (SSSR count). The zero-order valence-corrected chi connectivity index (χ0v) is 14.6. The minimum atomic E-state index is -0.128. The van der Waals surface area contributed by atoms with Crippen LogP contribution in [0.5, 0.6) is 5.75 Å². The molecule has 2 aromatic carbocycles. The summed E-state index contributed by atoms with van der Waals surface area (Å²) >= 11 is 0. The molecule has 0 unspecified atom stereocenters.